The average Bonchev–Trinajstić information content (AvgIpc) is 2.55. The zero-order valence-electron chi connectivity index (χ0n) is 12.8. The number of benzene rings is 2. The number of aliphatic carboxylic acids is 1. The molecule has 0 radical (unpaired) electrons. The Balaban J connectivity index is 2.14. The van der Waals surface area contributed by atoms with Crippen molar-refractivity contribution in [1.29, 1.82) is 0 Å². The van der Waals surface area contributed by atoms with E-state index in [1.165, 1.54) is 0 Å². The summed E-state index contributed by atoms with van der Waals surface area (Å²) in [6.07, 6.45) is 1.70. The molecular formula is C18H17NO4. The summed E-state index contributed by atoms with van der Waals surface area (Å²) in [5, 5.41) is 10.9. The summed E-state index contributed by atoms with van der Waals surface area (Å²) in [4.78, 5) is 38.0. The lowest BCUT2D eigenvalue weighted by atomic mass is 9.92. The van der Waals surface area contributed by atoms with Crippen LogP contribution in [0.2, 0.25) is 0 Å². The predicted molar refractivity (Wildman–Crippen MR) is 85.4 cm³/mol. The van der Waals surface area contributed by atoms with E-state index in [0.717, 1.165) is 16.7 Å². The second kappa shape index (κ2) is 5.83. The monoisotopic (exact) mass is 311 g/mol. The van der Waals surface area contributed by atoms with Crippen molar-refractivity contribution >= 4 is 28.6 Å². The topological polar surface area (TPSA) is 74.7 Å². The molecule has 2 aromatic rings. The van der Waals surface area contributed by atoms with E-state index in [0.29, 0.717) is 22.9 Å². The summed E-state index contributed by atoms with van der Waals surface area (Å²) in [5.74, 6) is -2.20. The van der Waals surface area contributed by atoms with Gasteiger partial charge in [-0.05, 0) is 23.9 Å². The lowest BCUT2D eigenvalue weighted by Gasteiger charge is -2.31. The number of imide groups is 1. The van der Waals surface area contributed by atoms with Crippen LogP contribution >= 0.6 is 0 Å². The second-order valence-electron chi connectivity index (χ2n) is 5.69. The van der Waals surface area contributed by atoms with E-state index in [1.807, 2.05) is 19.1 Å². The minimum Gasteiger partial charge on any atom is -0.480 e. The fourth-order valence-electron chi connectivity index (χ4n) is 3.09. The van der Waals surface area contributed by atoms with E-state index in [9.17, 15) is 19.5 Å². The van der Waals surface area contributed by atoms with Crippen molar-refractivity contribution in [2.24, 2.45) is 0 Å². The van der Waals surface area contributed by atoms with Crippen molar-refractivity contribution in [1.82, 2.24) is 4.90 Å². The Labute approximate surface area is 133 Å². The van der Waals surface area contributed by atoms with Crippen LogP contribution in [0.15, 0.2) is 36.4 Å². The highest BCUT2D eigenvalue weighted by Gasteiger charge is 2.40. The molecule has 23 heavy (non-hydrogen) atoms. The molecular weight excluding hydrogens is 294 g/mol. The number of carboxylic acids is 1. The number of carbonyl (C=O) groups excluding carboxylic acids is 2. The van der Waals surface area contributed by atoms with Gasteiger partial charge in [-0.3, -0.25) is 14.5 Å². The Morgan fingerprint density at radius 3 is 2.13 bits per heavy atom. The van der Waals surface area contributed by atoms with Gasteiger partial charge < -0.3 is 5.11 Å². The summed E-state index contributed by atoms with van der Waals surface area (Å²) in [6.45, 7) is 1.94. The Bertz CT molecular complexity index is 761. The number of amides is 2. The third-order valence-electron chi connectivity index (χ3n) is 4.23. The van der Waals surface area contributed by atoms with Gasteiger partial charge in [0.2, 0.25) is 0 Å². The number of hydrogen-bond donors (Lipinski definition) is 1. The first-order valence-corrected chi connectivity index (χ1v) is 7.68. The zero-order chi connectivity index (χ0) is 16.6. The standard InChI is InChI=1S/C18H17NO4/c1-2-3-10-14(18(22)23)19-16(20)12-8-4-6-11-7-5-9-13(15(11)12)17(19)21/h4-9,14H,2-3,10H2,1H3,(H,22,23)/t14-/m0/s1. The fraction of sp³-hybridized carbons (Fsp3) is 0.278. The van der Waals surface area contributed by atoms with Crippen molar-refractivity contribution in [3.8, 4) is 0 Å². The first kappa shape index (κ1) is 15.2. The molecule has 118 valence electrons. The molecule has 5 nitrogen and oxygen atoms in total. The molecule has 3 rings (SSSR count). The molecule has 0 aromatic heterocycles. The fourth-order valence-corrected chi connectivity index (χ4v) is 3.09. The molecule has 1 aliphatic rings. The average molecular weight is 311 g/mol. The van der Waals surface area contributed by atoms with Gasteiger partial charge in [-0.2, -0.15) is 0 Å². The largest absolute Gasteiger partial charge is 0.480 e. The molecule has 0 saturated carbocycles. The van der Waals surface area contributed by atoms with Gasteiger partial charge in [-0.25, -0.2) is 4.79 Å². The molecule has 2 aromatic carbocycles. The lowest BCUT2D eigenvalue weighted by Crippen LogP contribution is -2.50. The molecule has 0 unspecified atom stereocenters. The minimum atomic E-state index is -1.15. The Morgan fingerprint density at radius 2 is 1.65 bits per heavy atom. The van der Waals surface area contributed by atoms with Crippen molar-refractivity contribution in [2.45, 2.75) is 32.2 Å². The van der Waals surface area contributed by atoms with Gasteiger partial charge in [0.15, 0.2) is 0 Å². The van der Waals surface area contributed by atoms with Gasteiger partial charge in [-0.1, -0.05) is 44.0 Å². The van der Waals surface area contributed by atoms with Crippen LogP contribution in [0.25, 0.3) is 10.8 Å². The maximum Gasteiger partial charge on any atom is 0.326 e. The maximum absolute atomic E-state index is 12.8. The highest BCUT2D eigenvalue weighted by molar-refractivity contribution is 6.26. The maximum atomic E-state index is 12.8. The molecule has 1 aliphatic heterocycles. The van der Waals surface area contributed by atoms with Crippen LogP contribution < -0.4 is 0 Å². The van der Waals surface area contributed by atoms with E-state index < -0.39 is 23.8 Å². The van der Waals surface area contributed by atoms with E-state index in [1.54, 1.807) is 24.3 Å². The minimum absolute atomic E-state index is 0.265. The first-order valence-electron chi connectivity index (χ1n) is 7.68. The van der Waals surface area contributed by atoms with Gasteiger partial charge in [0, 0.05) is 16.5 Å². The van der Waals surface area contributed by atoms with E-state index in [-0.39, 0.29) is 6.42 Å². The molecule has 5 heteroatoms. The van der Waals surface area contributed by atoms with Gasteiger partial charge in [-0.15, -0.1) is 0 Å². The van der Waals surface area contributed by atoms with Crippen molar-refractivity contribution in [3.63, 3.8) is 0 Å². The van der Waals surface area contributed by atoms with Crippen LogP contribution in [0.1, 0.15) is 46.9 Å². The normalized spacial score (nSPS) is 15.1. The summed E-state index contributed by atoms with van der Waals surface area (Å²) < 4.78 is 0. The predicted octanol–water partition coefficient (Wildman–Crippen LogP) is 3.08. The third-order valence-corrected chi connectivity index (χ3v) is 4.23. The highest BCUT2D eigenvalue weighted by atomic mass is 16.4. The summed E-state index contributed by atoms with van der Waals surface area (Å²) in [5.41, 5.74) is 0.779. The molecule has 0 saturated heterocycles. The SMILES string of the molecule is CCCC[C@@H](C(=O)O)N1C(=O)c2cccc3cccc(c23)C1=O. The number of nitrogens with zero attached hydrogens (tertiary/aromatic N) is 1. The van der Waals surface area contributed by atoms with Gasteiger partial charge in [0.1, 0.15) is 6.04 Å². The molecule has 0 fully saturated rings. The van der Waals surface area contributed by atoms with Crippen LogP contribution in [0.5, 0.6) is 0 Å². The Hall–Kier alpha value is -2.69. The van der Waals surface area contributed by atoms with Crippen molar-refractivity contribution in [3.05, 3.63) is 47.5 Å². The van der Waals surface area contributed by atoms with Gasteiger partial charge in [0.25, 0.3) is 11.8 Å². The van der Waals surface area contributed by atoms with E-state index in [4.69, 9.17) is 0 Å². The van der Waals surface area contributed by atoms with Crippen molar-refractivity contribution < 1.29 is 19.5 Å². The quantitative estimate of drug-likeness (QED) is 0.861. The first-order chi connectivity index (χ1) is 11.1. The zero-order valence-corrected chi connectivity index (χ0v) is 12.8. The van der Waals surface area contributed by atoms with Crippen LogP contribution in [0.4, 0.5) is 0 Å². The number of unbranched alkanes of at least 4 members (excludes halogenated alkanes) is 1. The Kier molecular flexibility index (Phi) is 3.86. The number of carbonyl (C=O) groups is 3. The number of rotatable bonds is 5. The van der Waals surface area contributed by atoms with Gasteiger partial charge >= 0.3 is 5.97 Å². The smallest absolute Gasteiger partial charge is 0.326 e. The molecule has 1 N–H and O–H groups in total. The van der Waals surface area contributed by atoms with Crippen LogP contribution in [0, 0.1) is 0 Å². The van der Waals surface area contributed by atoms with Crippen LogP contribution in [0.3, 0.4) is 0 Å². The van der Waals surface area contributed by atoms with Crippen LogP contribution in [-0.4, -0.2) is 33.8 Å². The number of carboxylic acid groups (broad SMARTS) is 1. The number of hydrogen-bond acceptors (Lipinski definition) is 3. The lowest BCUT2D eigenvalue weighted by molar-refractivity contribution is -0.141. The second-order valence-corrected chi connectivity index (χ2v) is 5.69. The highest BCUT2D eigenvalue weighted by Crippen LogP contribution is 2.31. The molecule has 1 heterocycles. The summed E-state index contributed by atoms with van der Waals surface area (Å²) in [6, 6.07) is 9.33. The van der Waals surface area contributed by atoms with Crippen molar-refractivity contribution in [2.75, 3.05) is 0 Å². The third kappa shape index (κ3) is 2.38. The van der Waals surface area contributed by atoms with Gasteiger partial charge in [0.05, 0.1) is 0 Å². The molecule has 0 aliphatic carbocycles. The van der Waals surface area contributed by atoms with Crippen LogP contribution in [-0.2, 0) is 4.79 Å². The molecule has 2 amide bonds. The summed E-state index contributed by atoms with van der Waals surface area (Å²) in [7, 11) is 0. The molecule has 0 spiro atoms. The van der Waals surface area contributed by atoms with E-state index >= 15 is 0 Å². The molecule has 1 atom stereocenters. The van der Waals surface area contributed by atoms with E-state index in [2.05, 4.69) is 0 Å². The summed E-state index contributed by atoms with van der Waals surface area (Å²) >= 11 is 0. The Morgan fingerprint density at radius 1 is 1.09 bits per heavy atom. The molecule has 0 bridgehead atoms.